The molecule has 0 radical (unpaired) electrons. The Bertz CT molecular complexity index is 246. The minimum Gasteiger partial charge on any atom is -0.314 e. The zero-order valence-electron chi connectivity index (χ0n) is 13.2. The summed E-state index contributed by atoms with van der Waals surface area (Å²) in [6, 6.07) is 1.49. The summed E-state index contributed by atoms with van der Waals surface area (Å²) < 4.78 is 0. The van der Waals surface area contributed by atoms with Crippen molar-refractivity contribution in [1.82, 2.24) is 15.1 Å². The van der Waals surface area contributed by atoms with Gasteiger partial charge in [0.05, 0.1) is 0 Å². The predicted molar refractivity (Wildman–Crippen MR) is 82.6 cm³/mol. The van der Waals surface area contributed by atoms with Crippen LogP contribution >= 0.6 is 0 Å². The Morgan fingerprint density at radius 1 is 1.11 bits per heavy atom. The highest BCUT2D eigenvalue weighted by Crippen LogP contribution is 2.23. The number of hydrogen-bond acceptors (Lipinski definition) is 3. The van der Waals surface area contributed by atoms with E-state index in [-0.39, 0.29) is 0 Å². The predicted octanol–water partition coefficient (Wildman–Crippen LogP) is 2.18. The highest BCUT2D eigenvalue weighted by atomic mass is 15.2. The first kappa shape index (κ1) is 15.3. The Hall–Kier alpha value is -0.120. The van der Waals surface area contributed by atoms with Gasteiger partial charge in [0.1, 0.15) is 0 Å². The van der Waals surface area contributed by atoms with Crippen LogP contribution in [0.25, 0.3) is 0 Å². The van der Waals surface area contributed by atoms with Crippen LogP contribution in [0.15, 0.2) is 0 Å². The highest BCUT2D eigenvalue weighted by molar-refractivity contribution is 4.84. The Morgan fingerprint density at radius 2 is 1.84 bits per heavy atom. The number of nitrogens with zero attached hydrogens (tertiary/aromatic N) is 2. The zero-order chi connectivity index (χ0) is 13.7. The molecule has 1 unspecified atom stereocenters. The molecule has 0 amide bonds. The van der Waals surface area contributed by atoms with E-state index in [1.54, 1.807) is 0 Å². The average Bonchev–Trinajstić information content (AvgIpc) is 2.45. The van der Waals surface area contributed by atoms with Gasteiger partial charge in [0.2, 0.25) is 0 Å². The monoisotopic (exact) mass is 267 g/mol. The molecule has 0 aliphatic carbocycles. The summed E-state index contributed by atoms with van der Waals surface area (Å²) in [7, 11) is 0. The zero-order valence-corrected chi connectivity index (χ0v) is 13.2. The summed E-state index contributed by atoms with van der Waals surface area (Å²) in [4.78, 5) is 5.39. The highest BCUT2D eigenvalue weighted by Gasteiger charge is 2.28. The van der Waals surface area contributed by atoms with Crippen molar-refractivity contribution in [2.24, 2.45) is 5.92 Å². The van der Waals surface area contributed by atoms with Crippen LogP contribution < -0.4 is 5.32 Å². The van der Waals surface area contributed by atoms with E-state index in [9.17, 15) is 0 Å². The SMILES string of the molecule is CCN1CCC(N2CCCC(CNC(C)C)C2)CC1. The van der Waals surface area contributed by atoms with Crippen molar-refractivity contribution in [3.8, 4) is 0 Å². The van der Waals surface area contributed by atoms with Crippen LogP contribution in [0.5, 0.6) is 0 Å². The van der Waals surface area contributed by atoms with Crippen molar-refractivity contribution in [1.29, 1.82) is 0 Å². The van der Waals surface area contributed by atoms with Gasteiger partial charge in [-0.15, -0.1) is 0 Å². The third kappa shape index (κ3) is 4.73. The van der Waals surface area contributed by atoms with Gasteiger partial charge in [-0.1, -0.05) is 20.8 Å². The lowest BCUT2D eigenvalue weighted by atomic mass is 9.93. The van der Waals surface area contributed by atoms with Crippen LogP contribution in [0, 0.1) is 5.92 Å². The number of piperidine rings is 2. The summed E-state index contributed by atoms with van der Waals surface area (Å²) in [6.45, 7) is 14.5. The maximum atomic E-state index is 3.62. The fourth-order valence-corrected chi connectivity index (χ4v) is 3.60. The molecule has 1 N–H and O–H groups in total. The van der Waals surface area contributed by atoms with Crippen molar-refractivity contribution in [3.63, 3.8) is 0 Å². The molecule has 2 heterocycles. The molecule has 19 heavy (non-hydrogen) atoms. The molecule has 2 fully saturated rings. The smallest absolute Gasteiger partial charge is 0.0120 e. The van der Waals surface area contributed by atoms with E-state index in [4.69, 9.17) is 0 Å². The molecule has 2 saturated heterocycles. The van der Waals surface area contributed by atoms with E-state index >= 15 is 0 Å². The maximum absolute atomic E-state index is 3.62. The molecule has 3 heteroatoms. The third-order valence-electron chi connectivity index (χ3n) is 4.89. The van der Waals surface area contributed by atoms with Gasteiger partial charge < -0.3 is 10.2 Å². The number of hydrogen-bond donors (Lipinski definition) is 1. The van der Waals surface area contributed by atoms with Crippen LogP contribution in [-0.4, -0.2) is 61.2 Å². The first-order valence-corrected chi connectivity index (χ1v) is 8.38. The Kier molecular flexibility index (Phi) is 6.11. The molecule has 2 aliphatic rings. The molecular formula is C16H33N3. The number of nitrogens with one attached hydrogen (secondary N) is 1. The fourth-order valence-electron chi connectivity index (χ4n) is 3.60. The van der Waals surface area contributed by atoms with Crippen LogP contribution in [0.2, 0.25) is 0 Å². The van der Waals surface area contributed by atoms with Crippen LogP contribution in [0.1, 0.15) is 46.5 Å². The summed E-state index contributed by atoms with van der Waals surface area (Å²) in [6.07, 6.45) is 5.60. The topological polar surface area (TPSA) is 18.5 Å². The molecule has 112 valence electrons. The standard InChI is InChI=1S/C16H33N3/c1-4-18-10-7-16(8-11-18)19-9-5-6-15(13-19)12-17-14(2)3/h14-17H,4-13H2,1-3H3. The van der Waals surface area contributed by atoms with E-state index in [1.165, 1.54) is 65.0 Å². The summed E-state index contributed by atoms with van der Waals surface area (Å²) in [5, 5.41) is 3.62. The molecule has 2 rings (SSSR count). The number of rotatable bonds is 5. The number of likely N-dealkylation sites (tertiary alicyclic amines) is 2. The fraction of sp³-hybridized carbons (Fsp3) is 1.00. The van der Waals surface area contributed by atoms with Crippen LogP contribution in [0.4, 0.5) is 0 Å². The Labute approximate surface area is 119 Å². The van der Waals surface area contributed by atoms with Gasteiger partial charge in [-0.3, -0.25) is 4.90 Å². The molecule has 3 nitrogen and oxygen atoms in total. The molecule has 2 aliphatic heterocycles. The van der Waals surface area contributed by atoms with Gasteiger partial charge in [-0.05, 0) is 64.3 Å². The van der Waals surface area contributed by atoms with E-state index in [1.807, 2.05) is 0 Å². The molecule has 0 bridgehead atoms. The Morgan fingerprint density at radius 3 is 2.47 bits per heavy atom. The molecule has 0 aromatic heterocycles. The Balaban J connectivity index is 1.74. The second kappa shape index (κ2) is 7.61. The first-order valence-electron chi connectivity index (χ1n) is 8.38. The van der Waals surface area contributed by atoms with Crippen molar-refractivity contribution in [2.45, 2.75) is 58.5 Å². The van der Waals surface area contributed by atoms with Gasteiger partial charge in [0, 0.05) is 18.6 Å². The van der Waals surface area contributed by atoms with Gasteiger partial charge in [0.25, 0.3) is 0 Å². The summed E-state index contributed by atoms with van der Waals surface area (Å²) in [5.41, 5.74) is 0. The van der Waals surface area contributed by atoms with Gasteiger partial charge in [-0.2, -0.15) is 0 Å². The molecule has 0 aromatic rings. The van der Waals surface area contributed by atoms with Crippen LogP contribution in [0.3, 0.4) is 0 Å². The summed E-state index contributed by atoms with van der Waals surface area (Å²) in [5.74, 6) is 0.875. The van der Waals surface area contributed by atoms with E-state index < -0.39 is 0 Å². The van der Waals surface area contributed by atoms with Gasteiger partial charge in [0.15, 0.2) is 0 Å². The second-order valence-electron chi connectivity index (χ2n) is 6.73. The van der Waals surface area contributed by atoms with E-state index in [2.05, 4.69) is 35.9 Å². The van der Waals surface area contributed by atoms with Crippen molar-refractivity contribution < 1.29 is 0 Å². The lowest BCUT2D eigenvalue weighted by Crippen LogP contribution is -2.49. The lowest BCUT2D eigenvalue weighted by Gasteiger charge is -2.42. The molecule has 1 atom stereocenters. The lowest BCUT2D eigenvalue weighted by molar-refractivity contribution is 0.0725. The van der Waals surface area contributed by atoms with Crippen molar-refractivity contribution in [2.75, 3.05) is 39.3 Å². The minimum absolute atomic E-state index is 0.628. The second-order valence-corrected chi connectivity index (χ2v) is 6.73. The third-order valence-corrected chi connectivity index (χ3v) is 4.89. The van der Waals surface area contributed by atoms with Crippen molar-refractivity contribution in [3.05, 3.63) is 0 Å². The normalized spacial score (nSPS) is 28.1. The van der Waals surface area contributed by atoms with Crippen LogP contribution in [-0.2, 0) is 0 Å². The maximum Gasteiger partial charge on any atom is 0.0120 e. The van der Waals surface area contributed by atoms with E-state index in [0.717, 1.165) is 12.0 Å². The largest absolute Gasteiger partial charge is 0.314 e. The molecular weight excluding hydrogens is 234 g/mol. The average molecular weight is 267 g/mol. The van der Waals surface area contributed by atoms with E-state index in [0.29, 0.717) is 6.04 Å². The molecule has 0 saturated carbocycles. The van der Waals surface area contributed by atoms with Gasteiger partial charge >= 0.3 is 0 Å². The first-order chi connectivity index (χ1) is 9.19. The minimum atomic E-state index is 0.628. The molecule has 0 aromatic carbocycles. The molecule has 0 spiro atoms. The quantitative estimate of drug-likeness (QED) is 0.824. The van der Waals surface area contributed by atoms with Gasteiger partial charge in [-0.25, -0.2) is 0 Å². The van der Waals surface area contributed by atoms with Crippen molar-refractivity contribution >= 4 is 0 Å². The summed E-state index contributed by atoms with van der Waals surface area (Å²) >= 11 is 0.